The number of rotatable bonds is 5. The number of nitro groups is 1. The average Bonchev–Trinajstić information content (AvgIpc) is 3.02. The van der Waals surface area contributed by atoms with Crippen LogP contribution in [0.15, 0.2) is 81.3 Å². The summed E-state index contributed by atoms with van der Waals surface area (Å²) in [5, 5.41) is 14.8. The van der Waals surface area contributed by atoms with Crippen molar-refractivity contribution in [1.29, 1.82) is 0 Å². The van der Waals surface area contributed by atoms with Crippen LogP contribution in [-0.2, 0) is 0 Å². The van der Waals surface area contributed by atoms with Crippen LogP contribution in [0.1, 0.15) is 0 Å². The molecule has 1 aliphatic heterocycles. The minimum absolute atomic E-state index is 0.122. The molecule has 0 unspecified atom stereocenters. The van der Waals surface area contributed by atoms with Crippen molar-refractivity contribution < 1.29 is 4.92 Å². The van der Waals surface area contributed by atoms with E-state index in [1.165, 1.54) is 23.7 Å². The van der Waals surface area contributed by atoms with Crippen molar-refractivity contribution in [2.24, 2.45) is 0 Å². The fourth-order valence-electron chi connectivity index (χ4n) is 2.13. The molecule has 1 fully saturated rings. The Hall–Kier alpha value is -2.12. The van der Waals surface area contributed by atoms with Crippen LogP contribution < -0.4 is 5.32 Å². The molecule has 2 aromatic carbocycles. The van der Waals surface area contributed by atoms with Crippen LogP contribution in [0.4, 0.5) is 0 Å². The Balaban J connectivity index is 1.86. The molecule has 0 saturated carbocycles. The number of hydrogen-bond donors (Lipinski definition) is 1. The first-order valence-corrected chi connectivity index (χ1v) is 8.69. The summed E-state index contributed by atoms with van der Waals surface area (Å²) in [6, 6.07) is 19.3. The van der Waals surface area contributed by atoms with Crippen molar-refractivity contribution in [3.8, 4) is 0 Å². The molecule has 0 atom stereocenters. The van der Waals surface area contributed by atoms with Crippen molar-refractivity contribution in [2.75, 3.05) is 13.1 Å². The van der Waals surface area contributed by atoms with Crippen LogP contribution in [0.25, 0.3) is 0 Å². The van der Waals surface area contributed by atoms with Crippen molar-refractivity contribution in [3.63, 3.8) is 0 Å². The summed E-state index contributed by atoms with van der Waals surface area (Å²) >= 11 is 2.68. The third-order valence-electron chi connectivity index (χ3n) is 3.14. The molecule has 1 N–H and O–H groups in total. The van der Waals surface area contributed by atoms with E-state index in [0.29, 0.717) is 12.4 Å². The highest BCUT2D eigenvalue weighted by Crippen LogP contribution is 2.35. The van der Waals surface area contributed by atoms with Crippen LogP contribution in [0.5, 0.6) is 0 Å². The average molecular weight is 345 g/mol. The van der Waals surface area contributed by atoms with Gasteiger partial charge in [-0.15, -0.1) is 0 Å². The number of benzene rings is 2. The van der Waals surface area contributed by atoms with E-state index >= 15 is 0 Å². The van der Waals surface area contributed by atoms with E-state index in [2.05, 4.69) is 5.32 Å². The van der Waals surface area contributed by atoms with Gasteiger partial charge in [-0.25, -0.2) is 0 Å². The lowest BCUT2D eigenvalue weighted by atomic mass is 10.4. The van der Waals surface area contributed by atoms with Crippen molar-refractivity contribution in [1.82, 2.24) is 9.62 Å². The molecule has 3 rings (SSSR count). The first kappa shape index (κ1) is 15.8. The van der Waals surface area contributed by atoms with Gasteiger partial charge in [0, 0.05) is 22.9 Å². The van der Waals surface area contributed by atoms with Gasteiger partial charge in [-0.05, 0) is 48.0 Å². The SMILES string of the molecule is O=[N+]([O-])/C(Sc1ccccc1)=C1\NCCN1Sc1ccccc1. The lowest BCUT2D eigenvalue weighted by Crippen LogP contribution is -2.17. The topological polar surface area (TPSA) is 58.4 Å². The third-order valence-corrected chi connectivity index (χ3v) is 5.25. The first-order chi connectivity index (χ1) is 11.2. The molecule has 5 nitrogen and oxygen atoms in total. The van der Waals surface area contributed by atoms with E-state index in [9.17, 15) is 10.1 Å². The molecule has 23 heavy (non-hydrogen) atoms. The molecule has 0 amide bonds. The monoisotopic (exact) mass is 345 g/mol. The molecule has 1 saturated heterocycles. The third kappa shape index (κ3) is 4.00. The Bertz CT molecular complexity index is 708. The summed E-state index contributed by atoms with van der Waals surface area (Å²) < 4.78 is 1.95. The van der Waals surface area contributed by atoms with E-state index in [-0.39, 0.29) is 9.95 Å². The molecular weight excluding hydrogens is 330 g/mol. The van der Waals surface area contributed by atoms with Crippen molar-refractivity contribution >= 4 is 23.7 Å². The summed E-state index contributed by atoms with van der Waals surface area (Å²) in [7, 11) is 0. The first-order valence-electron chi connectivity index (χ1n) is 7.10. The molecule has 0 bridgehead atoms. The van der Waals surface area contributed by atoms with Gasteiger partial charge in [-0.2, -0.15) is 0 Å². The maximum Gasteiger partial charge on any atom is 0.348 e. The summed E-state index contributed by atoms with van der Waals surface area (Å²) in [5.74, 6) is 0.567. The minimum Gasteiger partial charge on any atom is -0.363 e. The van der Waals surface area contributed by atoms with Gasteiger partial charge in [0.15, 0.2) is 5.82 Å². The zero-order chi connectivity index (χ0) is 16.1. The Labute approximate surface area is 143 Å². The molecule has 1 aliphatic rings. The van der Waals surface area contributed by atoms with E-state index in [1.54, 1.807) is 0 Å². The highest BCUT2D eigenvalue weighted by atomic mass is 32.2. The largest absolute Gasteiger partial charge is 0.363 e. The molecule has 0 spiro atoms. The van der Waals surface area contributed by atoms with Gasteiger partial charge in [-0.1, -0.05) is 36.4 Å². The summed E-state index contributed by atoms with van der Waals surface area (Å²) in [5.41, 5.74) is 0. The zero-order valence-electron chi connectivity index (χ0n) is 12.2. The molecule has 1 heterocycles. The highest BCUT2D eigenvalue weighted by Gasteiger charge is 2.29. The van der Waals surface area contributed by atoms with Gasteiger partial charge in [0.05, 0.1) is 4.92 Å². The van der Waals surface area contributed by atoms with E-state index in [4.69, 9.17) is 0 Å². The van der Waals surface area contributed by atoms with Crippen LogP contribution in [-0.4, -0.2) is 22.3 Å². The lowest BCUT2D eigenvalue weighted by Gasteiger charge is -2.17. The van der Waals surface area contributed by atoms with Gasteiger partial charge in [-0.3, -0.25) is 14.4 Å². The van der Waals surface area contributed by atoms with E-state index in [1.807, 2.05) is 65.0 Å². The van der Waals surface area contributed by atoms with E-state index in [0.717, 1.165) is 16.3 Å². The van der Waals surface area contributed by atoms with Crippen molar-refractivity contribution in [3.05, 3.63) is 81.6 Å². The fourth-order valence-corrected chi connectivity index (χ4v) is 4.02. The van der Waals surface area contributed by atoms with Crippen LogP contribution in [0, 0.1) is 10.1 Å². The predicted molar refractivity (Wildman–Crippen MR) is 93.3 cm³/mol. The molecule has 2 aromatic rings. The number of nitrogens with one attached hydrogen (secondary N) is 1. The summed E-state index contributed by atoms with van der Waals surface area (Å²) in [6.07, 6.45) is 0. The second-order valence-electron chi connectivity index (χ2n) is 4.76. The van der Waals surface area contributed by atoms with Gasteiger partial charge in [0.1, 0.15) is 0 Å². The molecule has 7 heteroatoms. The van der Waals surface area contributed by atoms with Crippen molar-refractivity contribution in [2.45, 2.75) is 9.79 Å². The maximum absolute atomic E-state index is 11.5. The fraction of sp³-hybridized carbons (Fsp3) is 0.125. The Morgan fingerprint density at radius 2 is 1.65 bits per heavy atom. The zero-order valence-corrected chi connectivity index (χ0v) is 13.8. The Morgan fingerprint density at radius 1 is 1.04 bits per heavy atom. The molecular formula is C16H15N3O2S2. The molecule has 118 valence electrons. The smallest absolute Gasteiger partial charge is 0.348 e. The molecule has 0 aliphatic carbocycles. The normalized spacial score (nSPS) is 16.1. The Kier molecular flexibility index (Phi) is 5.09. The van der Waals surface area contributed by atoms with Crippen LogP contribution >= 0.6 is 23.7 Å². The van der Waals surface area contributed by atoms with Gasteiger partial charge in [0.2, 0.25) is 0 Å². The van der Waals surface area contributed by atoms with Gasteiger partial charge >= 0.3 is 5.03 Å². The van der Waals surface area contributed by atoms with Crippen LogP contribution in [0.2, 0.25) is 0 Å². The standard InChI is InChI=1S/C16H15N3O2S2/c20-19(21)16(22-13-7-3-1-4-8-13)15-17-11-12-18(15)23-14-9-5-2-6-10-14/h1-10,17H,11-12H2/b16-15-. The quantitative estimate of drug-likeness (QED) is 0.385. The van der Waals surface area contributed by atoms with Crippen LogP contribution in [0.3, 0.4) is 0 Å². The van der Waals surface area contributed by atoms with Gasteiger partial charge in [0.25, 0.3) is 0 Å². The Morgan fingerprint density at radius 3 is 2.26 bits per heavy atom. The minimum atomic E-state index is -0.316. The second kappa shape index (κ2) is 7.43. The summed E-state index contributed by atoms with van der Waals surface area (Å²) in [4.78, 5) is 13.1. The second-order valence-corrected chi connectivity index (χ2v) is 6.92. The maximum atomic E-state index is 11.5. The van der Waals surface area contributed by atoms with E-state index < -0.39 is 0 Å². The molecule has 0 aromatic heterocycles. The number of hydrogen-bond acceptors (Lipinski definition) is 6. The lowest BCUT2D eigenvalue weighted by molar-refractivity contribution is -0.412. The predicted octanol–water partition coefficient (Wildman–Crippen LogP) is 3.79. The number of nitrogens with zero attached hydrogens (tertiary/aromatic N) is 2. The van der Waals surface area contributed by atoms with Gasteiger partial charge < -0.3 is 5.32 Å². The highest BCUT2D eigenvalue weighted by molar-refractivity contribution is 8.03. The number of thioether (sulfide) groups is 1. The summed E-state index contributed by atoms with van der Waals surface area (Å²) in [6.45, 7) is 1.42. The molecule has 0 radical (unpaired) electrons.